The molecule has 0 aliphatic carbocycles. The number of alkyl halides is 2. The highest BCUT2D eigenvalue weighted by Gasteiger charge is 2.30. The molecule has 96 valence electrons. The molecule has 5 nitrogen and oxygen atoms in total. The molecular formula is C9H19F2N3O2. The van der Waals surface area contributed by atoms with E-state index in [4.69, 9.17) is 16.6 Å². The predicted molar refractivity (Wildman–Crippen MR) is 58.7 cm³/mol. The molecule has 0 fully saturated rings. The number of nitrogens with zero attached hydrogens (tertiary/aromatic N) is 1. The summed E-state index contributed by atoms with van der Waals surface area (Å²) in [6, 6.07) is -1.26. The highest BCUT2D eigenvalue weighted by Crippen LogP contribution is 2.21. The molecule has 0 aromatic carbocycles. The van der Waals surface area contributed by atoms with Crippen LogP contribution in [0.1, 0.15) is 27.2 Å². The van der Waals surface area contributed by atoms with Gasteiger partial charge in [-0.3, -0.25) is 9.79 Å². The van der Waals surface area contributed by atoms with E-state index in [1.54, 1.807) is 0 Å². The van der Waals surface area contributed by atoms with E-state index < -0.39 is 30.9 Å². The van der Waals surface area contributed by atoms with Gasteiger partial charge in [-0.15, -0.1) is 0 Å². The maximum atomic E-state index is 13.0. The predicted octanol–water partition coefficient (Wildman–Crippen LogP) is 0.827. The van der Waals surface area contributed by atoms with Crippen molar-refractivity contribution in [3.05, 3.63) is 0 Å². The summed E-state index contributed by atoms with van der Waals surface area (Å²) in [6.45, 7) is 0.667. The Morgan fingerprint density at radius 1 is 1.56 bits per heavy atom. The standard InChI is InChI=1S/C8H15F2N3O2.CH4/c1-5(11)13-4-8(9,10)3-2-6(12)7(14)15;/h6H,2-4,12H2,1H3,(H2,11,13)(H,14,15);1H4/t6-;/m0./s1. The molecule has 7 heteroatoms. The van der Waals surface area contributed by atoms with Gasteiger partial charge in [0.1, 0.15) is 12.6 Å². The van der Waals surface area contributed by atoms with Crippen molar-refractivity contribution in [2.24, 2.45) is 16.5 Å². The third-order valence-electron chi connectivity index (χ3n) is 1.70. The molecular weight excluding hydrogens is 220 g/mol. The van der Waals surface area contributed by atoms with Crippen LogP contribution in [0.3, 0.4) is 0 Å². The molecule has 1 atom stereocenters. The molecule has 0 unspecified atom stereocenters. The fourth-order valence-electron chi connectivity index (χ4n) is 0.810. The number of amidine groups is 1. The van der Waals surface area contributed by atoms with Crippen LogP contribution in [0.4, 0.5) is 8.78 Å². The Kier molecular flexibility index (Phi) is 7.62. The molecule has 0 heterocycles. The van der Waals surface area contributed by atoms with Gasteiger partial charge in [0, 0.05) is 6.42 Å². The van der Waals surface area contributed by atoms with E-state index in [1.165, 1.54) is 6.92 Å². The first-order valence-electron chi connectivity index (χ1n) is 4.37. The number of rotatable bonds is 6. The van der Waals surface area contributed by atoms with Gasteiger partial charge in [-0.05, 0) is 13.3 Å². The Balaban J connectivity index is 0. The summed E-state index contributed by atoms with van der Waals surface area (Å²) in [5, 5.41) is 8.38. The summed E-state index contributed by atoms with van der Waals surface area (Å²) in [6.07, 6.45) is -0.904. The molecule has 0 spiro atoms. The Bertz CT molecular complexity index is 253. The van der Waals surface area contributed by atoms with Crippen LogP contribution in [0, 0.1) is 0 Å². The molecule has 0 rings (SSSR count). The second-order valence-corrected chi connectivity index (χ2v) is 3.30. The quantitative estimate of drug-likeness (QED) is 0.472. The highest BCUT2D eigenvalue weighted by atomic mass is 19.3. The largest absolute Gasteiger partial charge is 0.480 e. The van der Waals surface area contributed by atoms with Crippen LogP contribution in [-0.2, 0) is 4.79 Å². The molecule has 16 heavy (non-hydrogen) atoms. The maximum Gasteiger partial charge on any atom is 0.320 e. The molecule has 0 amide bonds. The van der Waals surface area contributed by atoms with E-state index in [1.807, 2.05) is 0 Å². The van der Waals surface area contributed by atoms with Gasteiger partial charge in [0.05, 0.1) is 5.84 Å². The Labute approximate surface area is 93.5 Å². The number of aliphatic carboxylic acids is 1. The van der Waals surface area contributed by atoms with Crippen LogP contribution in [-0.4, -0.2) is 35.4 Å². The summed E-state index contributed by atoms with van der Waals surface area (Å²) in [7, 11) is 0. The summed E-state index contributed by atoms with van der Waals surface area (Å²) >= 11 is 0. The number of hydrogen-bond donors (Lipinski definition) is 3. The first kappa shape index (κ1) is 17.2. The van der Waals surface area contributed by atoms with Crippen LogP contribution in [0.15, 0.2) is 4.99 Å². The van der Waals surface area contributed by atoms with Crippen LogP contribution >= 0.6 is 0 Å². The number of nitrogens with two attached hydrogens (primary N) is 2. The summed E-state index contributed by atoms with van der Waals surface area (Å²) in [4.78, 5) is 13.6. The molecule has 0 saturated carbocycles. The van der Waals surface area contributed by atoms with Gasteiger partial charge in [0.2, 0.25) is 0 Å². The Morgan fingerprint density at radius 2 is 2.06 bits per heavy atom. The maximum absolute atomic E-state index is 13.0. The zero-order valence-electron chi connectivity index (χ0n) is 8.41. The lowest BCUT2D eigenvalue weighted by atomic mass is 10.1. The monoisotopic (exact) mass is 239 g/mol. The SMILES string of the molecule is C.CC(N)=NCC(F)(F)CC[C@H](N)C(=O)O. The molecule has 0 bridgehead atoms. The molecule has 0 aromatic heterocycles. The lowest BCUT2D eigenvalue weighted by molar-refractivity contribution is -0.139. The van der Waals surface area contributed by atoms with Crippen molar-refractivity contribution in [3.8, 4) is 0 Å². The lowest BCUT2D eigenvalue weighted by Gasteiger charge is -2.15. The molecule has 0 aliphatic rings. The van der Waals surface area contributed by atoms with E-state index in [-0.39, 0.29) is 19.7 Å². The summed E-state index contributed by atoms with van der Waals surface area (Å²) in [5.74, 6) is -4.28. The number of carboxylic acid groups (broad SMARTS) is 1. The molecule has 0 saturated heterocycles. The fourth-order valence-corrected chi connectivity index (χ4v) is 0.810. The fraction of sp³-hybridized carbons (Fsp3) is 0.778. The third kappa shape index (κ3) is 8.10. The zero-order chi connectivity index (χ0) is 12.1. The van der Waals surface area contributed by atoms with Gasteiger partial charge in [-0.2, -0.15) is 0 Å². The van der Waals surface area contributed by atoms with Crippen LogP contribution in [0.2, 0.25) is 0 Å². The Hall–Kier alpha value is -1.24. The lowest BCUT2D eigenvalue weighted by Crippen LogP contribution is -2.33. The minimum Gasteiger partial charge on any atom is -0.480 e. The first-order valence-corrected chi connectivity index (χ1v) is 4.37. The van der Waals surface area contributed by atoms with Gasteiger partial charge in [-0.1, -0.05) is 7.43 Å². The molecule has 0 aliphatic heterocycles. The second kappa shape index (κ2) is 7.10. The van der Waals surface area contributed by atoms with Gasteiger partial charge in [0.15, 0.2) is 0 Å². The minimum atomic E-state index is -3.06. The van der Waals surface area contributed by atoms with Crippen molar-refractivity contribution < 1.29 is 18.7 Å². The van der Waals surface area contributed by atoms with Crippen molar-refractivity contribution in [1.82, 2.24) is 0 Å². The van der Waals surface area contributed by atoms with E-state index in [0.717, 1.165) is 0 Å². The first-order chi connectivity index (χ1) is 6.74. The minimum absolute atomic E-state index is 0. The number of carboxylic acids is 1. The molecule has 0 radical (unpaired) electrons. The van der Waals surface area contributed by atoms with Crippen molar-refractivity contribution in [3.63, 3.8) is 0 Å². The van der Waals surface area contributed by atoms with Gasteiger partial charge in [0.25, 0.3) is 5.92 Å². The number of hydrogen-bond acceptors (Lipinski definition) is 3. The van der Waals surface area contributed by atoms with Crippen molar-refractivity contribution in [2.45, 2.75) is 39.2 Å². The van der Waals surface area contributed by atoms with Crippen molar-refractivity contribution in [2.75, 3.05) is 6.54 Å². The average molecular weight is 239 g/mol. The number of carbonyl (C=O) groups is 1. The van der Waals surface area contributed by atoms with E-state index in [9.17, 15) is 13.6 Å². The second-order valence-electron chi connectivity index (χ2n) is 3.30. The highest BCUT2D eigenvalue weighted by molar-refractivity contribution is 5.77. The van der Waals surface area contributed by atoms with E-state index in [0.29, 0.717) is 0 Å². The van der Waals surface area contributed by atoms with Gasteiger partial charge in [-0.25, -0.2) is 8.78 Å². The van der Waals surface area contributed by atoms with Crippen LogP contribution < -0.4 is 11.5 Å². The average Bonchev–Trinajstić information content (AvgIpc) is 2.11. The zero-order valence-corrected chi connectivity index (χ0v) is 8.41. The van der Waals surface area contributed by atoms with Crippen LogP contribution in [0.5, 0.6) is 0 Å². The molecule has 0 aromatic rings. The summed E-state index contributed by atoms with van der Waals surface area (Å²) < 4.78 is 26.0. The molecule has 5 N–H and O–H groups in total. The van der Waals surface area contributed by atoms with Crippen molar-refractivity contribution in [1.29, 1.82) is 0 Å². The third-order valence-corrected chi connectivity index (χ3v) is 1.70. The normalized spacial score (nSPS) is 14.1. The topological polar surface area (TPSA) is 102 Å². The van der Waals surface area contributed by atoms with E-state index >= 15 is 0 Å². The Morgan fingerprint density at radius 3 is 2.44 bits per heavy atom. The number of aliphatic imine (C=N–C) groups is 1. The van der Waals surface area contributed by atoms with Gasteiger partial charge >= 0.3 is 5.97 Å². The van der Waals surface area contributed by atoms with E-state index in [2.05, 4.69) is 4.99 Å². The van der Waals surface area contributed by atoms with Crippen molar-refractivity contribution >= 4 is 11.8 Å². The smallest absolute Gasteiger partial charge is 0.320 e. The number of halogens is 2. The van der Waals surface area contributed by atoms with Gasteiger partial charge < -0.3 is 16.6 Å². The van der Waals surface area contributed by atoms with Crippen LogP contribution in [0.25, 0.3) is 0 Å². The summed E-state index contributed by atoms with van der Waals surface area (Å²) in [5.41, 5.74) is 10.2.